The first-order chi connectivity index (χ1) is 8.22. The first-order valence-corrected chi connectivity index (χ1v) is 6.58. The highest BCUT2D eigenvalue weighted by atomic mass is 35.5. The van der Waals surface area contributed by atoms with E-state index in [0.29, 0.717) is 10.0 Å². The Labute approximate surface area is 112 Å². The molecule has 0 bridgehead atoms. The van der Waals surface area contributed by atoms with Crippen LogP contribution in [0.25, 0.3) is 0 Å². The summed E-state index contributed by atoms with van der Waals surface area (Å²) < 4.78 is 0. The van der Waals surface area contributed by atoms with Gasteiger partial charge in [-0.1, -0.05) is 40.9 Å². The summed E-state index contributed by atoms with van der Waals surface area (Å²) in [7, 11) is 0. The van der Waals surface area contributed by atoms with E-state index >= 15 is 0 Å². The van der Waals surface area contributed by atoms with Crippen molar-refractivity contribution in [2.45, 2.75) is 31.7 Å². The zero-order valence-corrected chi connectivity index (χ0v) is 11.1. The van der Waals surface area contributed by atoms with Crippen molar-refractivity contribution in [2.24, 2.45) is 5.84 Å². The molecule has 3 N–H and O–H groups in total. The molecule has 0 fully saturated rings. The van der Waals surface area contributed by atoms with Crippen LogP contribution in [0, 0.1) is 0 Å². The number of allylic oxidation sites excluding steroid dienone is 1. The molecule has 2 nitrogen and oxygen atoms in total. The molecule has 1 atom stereocenters. The lowest BCUT2D eigenvalue weighted by molar-refractivity contribution is 0.566. The number of hydrogen-bond donors (Lipinski definition) is 2. The molecule has 1 aliphatic rings. The van der Waals surface area contributed by atoms with Crippen LogP contribution in [-0.2, 0) is 0 Å². The average molecular weight is 271 g/mol. The molecule has 1 unspecified atom stereocenters. The van der Waals surface area contributed by atoms with E-state index in [1.54, 1.807) is 6.07 Å². The summed E-state index contributed by atoms with van der Waals surface area (Å²) in [4.78, 5) is 0. The SMILES string of the molecule is NNC(C1=CCCCC1)c1ccc(Cl)cc1Cl. The number of rotatable bonds is 3. The lowest BCUT2D eigenvalue weighted by Gasteiger charge is -2.23. The summed E-state index contributed by atoms with van der Waals surface area (Å²) >= 11 is 12.1. The number of nitrogens with one attached hydrogen (secondary N) is 1. The summed E-state index contributed by atoms with van der Waals surface area (Å²) in [6.45, 7) is 0. The van der Waals surface area contributed by atoms with Gasteiger partial charge in [-0.2, -0.15) is 0 Å². The first kappa shape index (κ1) is 12.9. The first-order valence-electron chi connectivity index (χ1n) is 5.82. The highest BCUT2D eigenvalue weighted by molar-refractivity contribution is 6.35. The summed E-state index contributed by atoms with van der Waals surface area (Å²) in [5.74, 6) is 5.66. The van der Waals surface area contributed by atoms with Crippen LogP contribution in [0.2, 0.25) is 10.0 Å². The van der Waals surface area contributed by atoms with Crippen molar-refractivity contribution in [3.05, 3.63) is 45.5 Å². The minimum Gasteiger partial charge on any atom is -0.271 e. The number of halogens is 2. The van der Waals surface area contributed by atoms with Crippen molar-refractivity contribution in [3.63, 3.8) is 0 Å². The second-order valence-corrected chi connectivity index (χ2v) is 5.13. The van der Waals surface area contributed by atoms with E-state index in [1.807, 2.05) is 12.1 Å². The van der Waals surface area contributed by atoms with Gasteiger partial charge in [-0.05, 0) is 43.4 Å². The maximum atomic E-state index is 6.22. The van der Waals surface area contributed by atoms with Crippen LogP contribution in [0.4, 0.5) is 0 Å². The molecule has 2 rings (SSSR count). The number of hydrogen-bond acceptors (Lipinski definition) is 2. The topological polar surface area (TPSA) is 38.0 Å². The van der Waals surface area contributed by atoms with Crippen LogP contribution >= 0.6 is 23.2 Å². The maximum absolute atomic E-state index is 6.22. The van der Waals surface area contributed by atoms with Crippen LogP contribution < -0.4 is 11.3 Å². The summed E-state index contributed by atoms with van der Waals surface area (Å²) in [6.07, 6.45) is 6.94. The van der Waals surface area contributed by atoms with Crippen LogP contribution in [0.15, 0.2) is 29.8 Å². The van der Waals surface area contributed by atoms with E-state index < -0.39 is 0 Å². The quantitative estimate of drug-likeness (QED) is 0.495. The van der Waals surface area contributed by atoms with Gasteiger partial charge in [0.15, 0.2) is 0 Å². The number of benzene rings is 1. The minimum atomic E-state index is 0.0000617. The van der Waals surface area contributed by atoms with Crippen molar-refractivity contribution < 1.29 is 0 Å². The predicted octanol–water partition coefficient (Wildman–Crippen LogP) is 4.00. The Morgan fingerprint density at radius 1 is 1.24 bits per heavy atom. The van der Waals surface area contributed by atoms with Gasteiger partial charge < -0.3 is 0 Å². The number of hydrazine groups is 1. The highest BCUT2D eigenvalue weighted by Gasteiger charge is 2.19. The molecule has 0 radical (unpaired) electrons. The monoisotopic (exact) mass is 270 g/mol. The average Bonchev–Trinajstić information content (AvgIpc) is 2.34. The molecule has 0 aliphatic heterocycles. The fourth-order valence-electron chi connectivity index (χ4n) is 2.26. The van der Waals surface area contributed by atoms with Gasteiger partial charge in [-0.15, -0.1) is 0 Å². The van der Waals surface area contributed by atoms with Crippen LogP contribution in [0.3, 0.4) is 0 Å². The van der Waals surface area contributed by atoms with Crippen molar-refractivity contribution in [3.8, 4) is 0 Å². The van der Waals surface area contributed by atoms with Crippen LogP contribution in [0.1, 0.15) is 37.3 Å². The minimum absolute atomic E-state index is 0.0000617. The fourth-order valence-corrected chi connectivity index (χ4v) is 2.77. The maximum Gasteiger partial charge on any atom is 0.0684 e. The fraction of sp³-hybridized carbons (Fsp3) is 0.385. The van der Waals surface area contributed by atoms with Gasteiger partial charge in [0.1, 0.15) is 0 Å². The molecule has 0 aromatic heterocycles. The van der Waals surface area contributed by atoms with Gasteiger partial charge in [-0.25, -0.2) is 5.43 Å². The molecule has 17 heavy (non-hydrogen) atoms. The molecule has 0 spiro atoms. The third kappa shape index (κ3) is 3.02. The molecular weight excluding hydrogens is 255 g/mol. The Hall–Kier alpha value is -0.540. The van der Waals surface area contributed by atoms with Crippen molar-refractivity contribution >= 4 is 23.2 Å². The zero-order chi connectivity index (χ0) is 12.3. The Bertz CT molecular complexity index is 429. The van der Waals surface area contributed by atoms with Gasteiger partial charge in [0.05, 0.1) is 6.04 Å². The normalized spacial score (nSPS) is 17.7. The Morgan fingerprint density at radius 3 is 2.65 bits per heavy atom. The smallest absolute Gasteiger partial charge is 0.0684 e. The van der Waals surface area contributed by atoms with Crippen molar-refractivity contribution in [2.75, 3.05) is 0 Å². The molecule has 0 amide bonds. The lowest BCUT2D eigenvalue weighted by atomic mass is 9.90. The standard InChI is InChI=1S/C13H16Cl2N2/c14-10-6-7-11(12(15)8-10)13(17-16)9-4-2-1-3-5-9/h4,6-8,13,17H,1-3,5,16H2. The van der Waals surface area contributed by atoms with E-state index in [0.717, 1.165) is 18.4 Å². The molecule has 92 valence electrons. The van der Waals surface area contributed by atoms with E-state index in [2.05, 4.69) is 11.5 Å². The lowest BCUT2D eigenvalue weighted by Crippen LogP contribution is -2.30. The summed E-state index contributed by atoms with van der Waals surface area (Å²) in [5.41, 5.74) is 5.17. The summed E-state index contributed by atoms with van der Waals surface area (Å²) in [6, 6.07) is 5.54. The summed E-state index contributed by atoms with van der Waals surface area (Å²) in [5, 5.41) is 1.30. The highest BCUT2D eigenvalue weighted by Crippen LogP contribution is 2.34. The van der Waals surface area contributed by atoms with E-state index in [9.17, 15) is 0 Å². The molecule has 0 heterocycles. The van der Waals surface area contributed by atoms with E-state index in [-0.39, 0.29) is 6.04 Å². The second-order valence-electron chi connectivity index (χ2n) is 4.29. The van der Waals surface area contributed by atoms with E-state index in [1.165, 1.54) is 18.4 Å². The molecule has 1 aliphatic carbocycles. The van der Waals surface area contributed by atoms with Gasteiger partial charge in [0, 0.05) is 10.0 Å². The molecular formula is C13H16Cl2N2. The molecule has 0 saturated heterocycles. The largest absolute Gasteiger partial charge is 0.271 e. The van der Waals surface area contributed by atoms with Gasteiger partial charge in [-0.3, -0.25) is 5.84 Å². The van der Waals surface area contributed by atoms with Crippen molar-refractivity contribution in [1.29, 1.82) is 0 Å². The molecule has 1 aromatic carbocycles. The van der Waals surface area contributed by atoms with Crippen LogP contribution in [-0.4, -0.2) is 0 Å². The van der Waals surface area contributed by atoms with Crippen molar-refractivity contribution in [1.82, 2.24) is 5.43 Å². The van der Waals surface area contributed by atoms with Gasteiger partial charge >= 0.3 is 0 Å². The van der Waals surface area contributed by atoms with E-state index in [4.69, 9.17) is 29.0 Å². The molecule has 1 aromatic rings. The Morgan fingerprint density at radius 2 is 2.06 bits per heavy atom. The number of nitrogens with two attached hydrogens (primary N) is 1. The molecule has 4 heteroatoms. The Balaban J connectivity index is 2.31. The predicted molar refractivity (Wildman–Crippen MR) is 73.1 cm³/mol. The van der Waals surface area contributed by atoms with Gasteiger partial charge in [0.25, 0.3) is 0 Å². The third-order valence-corrected chi connectivity index (χ3v) is 3.70. The van der Waals surface area contributed by atoms with Crippen LogP contribution in [0.5, 0.6) is 0 Å². The second kappa shape index (κ2) is 5.87. The zero-order valence-electron chi connectivity index (χ0n) is 9.55. The third-order valence-electron chi connectivity index (χ3n) is 3.14. The molecule has 0 saturated carbocycles. The Kier molecular flexibility index (Phi) is 4.46. The van der Waals surface area contributed by atoms with Gasteiger partial charge in [0.2, 0.25) is 0 Å².